The van der Waals surface area contributed by atoms with E-state index in [2.05, 4.69) is 15.3 Å². The first kappa shape index (κ1) is 23.9. The fourth-order valence-electron chi connectivity index (χ4n) is 3.51. The molecule has 1 heterocycles. The quantitative estimate of drug-likeness (QED) is 0.478. The number of carbonyl (C=O) groups excluding carboxylic acids is 2. The van der Waals surface area contributed by atoms with Crippen molar-refractivity contribution >= 4 is 28.6 Å². The lowest BCUT2D eigenvalue weighted by atomic mass is 10.1. The lowest BCUT2D eigenvalue weighted by Gasteiger charge is -2.30. The standard InChI is InChI=1S/C24H28N4O5/c1-4-20(21-26-19-9-7-6-8-18(19)22(29)27-21)28(14-15-32-3)24(31)25-17-12-10-16(11-13-17)23(30)33-5-2/h6-13,20H,4-5,14-15H2,1-3H3,(H,25,31)(H,26,27,29). The zero-order valence-electron chi connectivity index (χ0n) is 19.0. The molecule has 3 rings (SSSR count). The van der Waals surface area contributed by atoms with E-state index >= 15 is 0 Å². The van der Waals surface area contributed by atoms with Gasteiger partial charge in [-0.2, -0.15) is 0 Å². The van der Waals surface area contributed by atoms with Gasteiger partial charge in [0.1, 0.15) is 5.82 Å². The Hall–Kier alpha value is -3.72. The number of aromatic amines is 1. The number of nitrogens with one attached hydrogen (secondary N) is 2. The summed E-state index contributed by atoms with van der Waals surface area (Å²) >= 11 is 0. The topological polar surface area (TPSA) is 114 Å². The average Bonchev–Trinajstić information content (AvgIpc) is 2.82. The number of urea groups is 1. The van der Waals surface area contributed by atoms with E-state index in [9.17, 15) is 14.4 Å². The summed E-state index contributed by atoms with van der Waals surface area (Å²) in [7, 11) is 1.56. The summed E-state index contributed by atoms with van der Waals surface area (Å²) in [4.78, 5) is 46.6. The molecule has 0 fully saturated rings. The Bertz CT molecular complexity index is 1160. The summed E-state index contributed by atoms with van der Waals surface area (Å²) in [6.45, 7) is 4.54. The fraction of sp³-hybridized carbons (Fsp3) is 0.333. The highest BCUT2D eigenvalue weighted by atomic mass is 16.5. The second-order valence-electron chi connectivity index (χ2n) is 7.31. The molecule has 0 radical (unpaired) electrons. The minimum absolute atomic E-state index is 0.254. The number of amides is 2. The molecule has 174 valence electrons. The van der Waals surface area contributed by atoms with E-state index in [1.807, 2.05) is 13.0 Å². The second-order valence-corrected chi connectivity index (χ2v) is 7.31. The van der Waals surface area contributed by atoms with Crippen LogP contribution in [0.3, 0.4) is 0 Å². The first-order valence-corrected chi connectivity index (χ1v) is 10.8. The van der Waals surface area contributed by atoms with E-state index in [0.29, 0.717) is 41.0 Å². The van der Waals surface area contributed by atoms with Crippen LogP contribution in [0, 0.1) is 0 Å². The van der Waals surface area contributed by atoms with Gasteiger partial charge in [0.25, 0.3) is 5.56 Å². The number of rotatable bonds is 9. The summed E-state index contributed by atoms with van der Waals surface area (Å²) < 4.78 is 10.2. The van der Waals surface area contributed by atoms with Gasteiger partial charge in [-0.15, -0.1) is 0 Å². The summed E-state index contributed by atoms with van der Waals surface area (Å²) in [5.41, 5.74) is 1.23. The van der Waals surface area contributed by atoms with Crippen molar-refractivity contribution in [3.05, 3.63) is 70.3 Å². The van der Waals surface area contributed by atoms with Crippen molar-refractivity contribution in [1.82, 2.24) is 14.9 Å². The third kappa shape index (κ3) is 5.75. The Morgan fingerprint density at radius 3 is 2.52 bits per heavy atom. The highest BCUT2D eigenvalue weighted by Crippen LogP contribution is 2.23. The molecule has 1 atom stereocenters. The van der Waals surface area contributed by atoms with Gasteiger partial charge in [-0.05, 0) is 49.7 Å². The molecule has 3 aromatic rings. The van der Waals surface area contributed by atoms with Crippen LogP contribution in [-0.4, -0.2) is 53.7 Å². The predicted octanol–water partition coefficient (Wildman–Crippen LogP) is 3.73. The van der Waals surface area contributed by atoms with Crippen molar-refractivity contribution in [2.24, 2.45) is 0 Å². The maximum absolute atomic E-state index is 13.2. The summed E-state index contributed by atoms with van der Waals surface area (Å²) in [6.07, 6.45) is 0.528. The van der Waals surface area contributed by atoms with Crippen LogP contribution in [-0.2, 0) is 9.47 Å². The Balaban J connectivity index is 1.86. The third-order valence-corrected chi connectivity index (χ3v) is 5.15. The Kier molecular flexibility index (Phi) is 8.15. The number of H-pyrrole nitrogens is 1. The largest absolute Gasteiger partial charge is 0.462 e. The number of hydrogen-bond acceptors (Lipinski definition) is 6. The van der Waals surface area contributed by atoms with Gasteiger partial charge in [-0.1, -0.05) is 19.1 Å². The molecular formula is C24H28N4O5. The van der Waals surface area contributed by atoms with Crippen molar-refractivity contribution in [2.45, 2.75) is 26.3 Å². The number of anilines is 1. The van der Waals surface area contributed by atoms with Crippen LogP contribution in [0.4, 0.5) is 10.5 Å². The number of carbonyl (C=O) groups is 2. The Labute approximate surface area is 191 Å². The van der Waals surface area contributed by atoms with Crippen LogP contribution in [0.15, 0.2) is 53.3 Å². The predicted molar refractivity (Wildman–Crippen MR) is 125 cm³/mol. The van der Waals surface area contributed by atoms with Crippen LogP contribution in [0.1, 0.15) is 42.5 Å². The molecule has 9 heteroatoms. The summed E-state index contributed by atoms with van der Waals surface area (Å²) in [6, 6.07) is 12.7. The number of fused-ring (bicyclic) bond motifs is 1. The number of aromatic nitrogens is 2. The molecule has 0 aliphatic carbocycles. The van der Waals surface area contributed by atoms with E-state index in [1.54, 1.807) is 61.4 Å². The smallest absolute Gasteiger partial charge is 0.338 e. The maximum Gasteiger partial charge on any atom is 0.338 e. The second kappa shape index (κ2) is 11.2. The van der Waals surface area contributed by atoms with Crippen molar-refractivity contribution in [3.8, 4) is 0 Å². The monoisotopic (exact) mass is 452 g/mol. The lowest BCUT2D eigenvalue weighted by molar-refractivity contribution is 0.0526. The van der Waals surface area contributed by atoms with Crippen molar-refractivity contribution < 1.29 is 19.1 Å². The molecule has 2 N–H and O–H groups in total. The summed E-state index contributed by atoms with van der Waals surface area (Å²) in [5, 5.41) is 3.34. The molecule has 1 aromatic heterocycles. The Morgan fingerprint density at radius 2 is 1.85 bits per heavy atom. The van der Waals surface area contributed by atoms with E-state index in [0.717, 1.165) is 0 Å². The van der Waals surface area contributed by atoms with Gasteiger partial charge in [-0.3, -0.25) is 4.79 Å². The molecule has 0 aliphatic heterocycles. The van der Waals surface area contributed by atoms with Gasteiger partial charge >= 0.3 is 12.0 Å². The molecule has 0 spiro atoms. The molecule has 33 heavy (non-hydrogen) atoms. The SMILES string of the molecule is CCOC(=O)c1ccc(NC(=O)N(CCOC)C(CC)c2nc3ccccc3c(=O)[nH]2)cc1. The van der Waals surface area contributed by atoms with Gasteiger partial charge < -0.3 is 24.7 Å². The molecule has 1 unspecified atom stereocenters. The number of benzene rings is 2. The minimum Gasteiger partial charge on any atom is -0.462 e. The zero-order chi connectivity index (χ0) is 23.8. The van der Waals surface area contributed by atoms with E-state index in [4.69, 9.17) is 9.47 Å². The van der Waals surface area contributed by atoms with Crippen LogP contribution in [0.5, 0.6) is 0 Å². The highest BCUT2D eigenvalue weighted by molar-refractivity contribution is 5.92. The number of hydrogen-bond donors (Lipinski definition) is 2. The van der Waals surface area contributed by atoms with E-state index < -0.39 is 12.0 Å². The minimum atomic E-state index is -0.476. The van der Waals surface area contributed by atoms with Crippen LogP contribution >= 0.6 is 0 Å². The molecule has 2 aromatic carbocycles. The number of para-hydroxylation sites is 1. The molecule has 0 bridgehead atoms. The maximum atomic E-state index is 13.2. The molecule has 0 saturated heterocycles. The average molecular weight is 453 g/mol. The number of nitrogens with zero attached hydrogens (tertiary/aromatic N) is 2. The van der Waals surface area contributed by atoms with Crippen molar-refractivity contribution in [3.63, 3.8) is 0 Å². The van der Waals surface area contributed by atoms with Crippen molar-refractivity contribution in [1.29, 1.82) is 0 Å². The van der Waals surface area contributed by atoms with Gasteiger partial charge in [0.15, 0.2) is 0 Å². The van der Waals surface area contributed by atoms with Crippen molar-refractivity contribution in [2.75, 3.05) is 32.2 Å². The third-order valence-electron chi connectivity index (χ3n) is 5.15. The van der Waals surface area contributed by atoms with Crippen LogP contribution in [0.25, 0.3) is 10.9 Å². The first-order chi connectivity index (χ1) is 16.0. The fourth-order valence-corrected chi connectivity index (χ4v) is 3.51. The van der Waals surface area contributed by atoms with Gasteiger partial charge in [-0.25, -0.2) is 14.6 Å². The summed E-state index contributed by atoms with van der Waals surface area (Å²) in [5.74, 6) is -0.0143. The Morgan fingerprint density at radius 1 is 1.12 bits per heavy atom. The van der Waals surface area contributed by atoms with E-state index in [1.165, 1.54) is 0 Å². The van der Waals surface area contributed by atoms with Crippen LogP contribution < -0.4 is 10.9 Å². The normalized spacial score (nSPS) is 11.7. The molecule has 0 aliphatic rings. The molecule has 0 saturated carbocycles. The first-order valence-electron chi connectivity index (χ1n) is 10.8. The van der Waals surface area contributed by atoms with Gasteiger partial charge in [0.2, 0.25) is 0 Å². The number of ether oxygens (including phenoxy) is 2. The van der Waals surface area contributed by atoms with Gasteiger partial charge in [0.05, 0.1) is 35.7 Å². The zero-order valence-corrected chi connectivity index (χ0v) is 19.0. The number of methoxy groups -OCH3 is 1. The highest BCUT2D eigenvalue weighted by Gasteiger charge is 2.26. The lowest BCUT2D eigenvalue weighted by Crippen LogP contribution is -2.41. The van der Waals surface area contributed by atoms with Gasteiger partial charge in [0, 0.05) is 19.3 Å². The van der Waals surface area contributed by atoms with E-state index in [-0.39, 0.29) is 24.7 Å². The molecule has 2 amide bonds. The van der Waals surface area contributed by atoms with Crippen LogP contribution in [0.2, 0.25) is 0 Å². The number of esters is 1. The molecular weight excluding hydrogens is 424 g/mol. The molecule has 9 nitrogen and oxygen atoms in total.